The molecule has 0 radical (unpaired) electrons. The number of aromatic amines is 1. The summed E-state index contributed by atoms with van der Waals surface area (Å²) in [5, 5.41) is 8.67. The Balaban J connectivity index is 2.98. The van der Waals surface area contributed by atoms with Crippen LogP contribution in [0.5, 0.6) is 0 Å². The summed E-state index contributed by atoms with van der Waals surface area (Å²) in [5.41, 5.74) is 0.981. The van der Waals surface area contributed by atoms with E-state index in [2.05, 4.69) is 9.97 Å². The maximum atomic E-state index is 11.4. The lowest BCUT2D eigenvalue weighted by molar-refractivity contribution is -0.136. The average Bonchev–Trinajstić information content (AvgIpc) is 2.21. The molecule has 2 N–H and O–H groups in total. The third-order valence-corrected chi connectivity index (χ3v) is 3.51. The summed E-state index contributed by atoms with van der Waals surface area (Å²) in [5.74, 6) is -0.895. The molecule has 88 valence electrons. The zero-order chi connectivity index (χ0) is 12.3. The fourth-order valence-corrected chi connectivity index (χ4v) is 2.00. The highest BCUT2D eigenvalue weighted by atomic mass is 32.2. The van der Waals surface area contributed by atoms with E-state index in [-0.39, 0.29) is 5.56 Å². The number of aryl methyl sites for hydroxylation is 1. The van der Waals surface area contributed by atoms with E-state index in [0.717, 1.165) is 11.8 Å². The standard InChI is InChI=1S/C10H14N2O3S/c1-4-7(9(14)15)16-10-11-6(3)5(2)8(13)12-10/h7H,4H2,1-3H3,(H,14,15)(H,11,12,13)/t7-/m0/s1. The van der Waals surface area contributed by atoms with E-state index in [0.29, 0.717) is 22.8 Å². The molecule has 0 aliphatic rings. The number of aliphatic carboxylic acids is 1. The Kier molecular flexibility index (Phi) is 4.12. The van der Waals surface area contributed by atoms with Gasteiger partial charge in [0.15, 0.2) is 5.16 Å². The summed E-state index contributed by atoms with van der Waals surface area (Å²) in [6, 6.07) is 0. The maximum Gasteiger partial charge on any atom is 0.317 e. The van der Waals surface area contributed by atoms with Crippen molar-refractivity contribution < 1.29 is 9.90 Å². The third kappa shape index (κ3) is 2.85. The van der Waals surface area contributed by atoms with Gasteiger partial charge in [-0.15, -0.1) is 0 Å². The number of aromatic nitrogens is 2. The van der Waals surface area contributed by atoms with Crippen LogP contribution in [0.25, 0.3) is 0 Å². The van der Waals surface area contributed by atoms with Gasteiger partial charge in [0, 0.05) is 11.3 Å². The van der Waals surface area contributed by atoms with Crippen LogP contribution in [-0.2, 0) is 4.79 Å². The molecule has 1 heterocycles. The van der Waals surface area contributed by atoms with Crippen molar-refractivity contribution >= 4 is 17.7 Å². The van der Waals surface area contributed by atoms with Crippen molar-refractivity contribution in [3.63, 3.8) is 0 Å². The number of carboxylic acids is 1. The summed E-state index contributed by atoms with van der Waals surface area (Å²) < 4.78 is 0. The van der Waals surface area contributed by atoms with E-state index < -0.39 is 11.2 Å². The molecule has 1 aromatic rings. The van der Waals surface area contributed by atoms with Gasteiger partial charge in [-0.2, -0.15) is 0 Å². The second kappa shape index (κ2) is 5.16. The molecule has 0 amide bonds. The van der Waals surface area contributed by atoms with Crippen molar-refractivity contribution in [1.29, 1.82) is 0 Å². The van der Waals surface area contributed by atoms with Gasteiger partial charge in [-0.25, -0.2) is 4.98 Å². The summed E-state index contributed by atoms with van der Waals surface area (Å²) >= 11 is 1.07. The number of hydrogen-bond acceptors (Lipinski definition) is 4. The van der Waals surface area contributed by atoms with Gasteiger partial charge in [0.05, 0.1) is 0 Å². The van der Waals surface area contributed by atoms with Gasteiger partial charge in [-0.3, -0.25) is 9.59 Å². The lowest BCUT2D eigenvalue weighted by Gasteiger charge is -2.09. The van der Waals surface area contributed by atoms with Crippen LogP contribution in [0.3, 0.4) is 0 Å². The van der Waals surface area contributed by atoms with Gasteiger partial charge in [0.1, 0.15) is 5.25 Å². The van der Waals surface area contributed by atoms with Crippen molar-refractivity contribution in [3.8, 4) is 0 Å². The Morgan fingerprint density at radius 2 is 2.19 bits per heavy atom. The first-order valence-electron chi connectivity index (χ1n) is 4.92. The molecule has 0 saturated heterocycles. The van der Waals surface area contributed by atoms with Crippen molar-refractivity contribution in [2.24, 2.45) is 0 Å². The van der Waals surface area contributed by atoms with Crippen LogP contribution in [0.15, 0.2) is 9.95 Å². The van der Waals surface area contributed by atoms with E-state index >= 15 is 0 Å². The highest BCUT2D eigenvalue weighted by molar-refractivity contribution is 8.00. The predicted molar refractivity (Wildman–Crippen MR) is 61.9 cm³/mol. The number of carbonyl (C=O) groups is 1. The number of carboxylic acid groups (broad SMARTS) is 1. The Hall–Kier alpha value is -1.30. The number of H-pyrrole nitrogens is 1. The summed E-state index contributed by atoms with van der Waals surface area (Å²) in [4.78, 5) is 29.0. The average molecular weight is 242 g/mol. The summed E-state index contributed by atoms with van der Waals surface area (Å²) in [6.07, 6.45) is 0.483. The Morgan fingerprint density at radius 1 is 1.56 bits per heavy atom. The minimum absolute atomic E-state index is 0.213. The molecule has 16 heavy (non-hydrogen) atoms. The van der Waals surface area contributed by atoms with Crippen LogP contribution in [0, 0.1) is 13.8 Å². The second-order valence-corrected chi connectivity index (χ2v) is 4.63. The monoisotopic (exact) mass is 242 g/mol. The normalized spacial score (nSPS) is 12.4. The fraction of sp³-hybridized carbons (Fsp3) is 0.500. The zero-order valence-electron chi connectivity index (χ0n) is 9.40. The Bertz CT molecular complexity index is 456. The molecular formula is C10H14N2O3S. The van der Waals surface area contributed by atoms with E-state index in [1.165, 1.54) is 0 Å². The number of thioether (sulfide) groups is 1. The first-order valence-corrected chi connectivity index (χ1v) is 5.80. The van der Waals surface area contributed by atoms with Crippen molar-refractivity contribution in [1.82, 2.24) is 9.97 Å². The van der Waals surface area contributed by atoms with Crippen molar-refractivity contribution in [2.45, 2.75) is 37.6 Å². The van der Waals surface area contributed by atoms with Gasteiger partial charge >= 0.3 is 5.97 Å². The van der Waals surface area contributed by atoms with Crippen LogP contribution in [0.4, 0.5) is 0 Å². The lowest BCUT2D eigenvalue weighted by Crippen LogP contribution is -2.19. The molecule has 0 bridgehead atoms. The Labute approximate surface area is 97.3 Å². The van der Waals surface area contributed by atoms with Gasteiger partial charge in [-0.05, 0) is 20.3 Å². The van der Waals surface area contributed by atoms with Gasteiger partial charge in [-0.1, -0.05) is 18.7 Å². The predicted octanol–water partition coefficient (Wildman–Crippen LogP) is 1.34. The molecule has 0 aliphatic heterocycles. The topological polar surface area (TPSA) is 83.0 Å². The molecular weight excluding hydrogens is 228 g/mol. The largest absolute Gasteiger partial charge is 0.480 e. The molecule has 1 aromatic heterocycles. The van der Waals surface area contributed by atoms with Gasteiger partial charge < -0.3 is 10.1 Å². The minimum atomic E-state index is -0.895. The van der Waals surface area contributed by atoms with E-state index in [9.17, 15) is 9.59 Å². The van der Waals surface area contributed by atoms with E-state index in [4.69, 9.17) is 5.11 Å². The Morgan fingerprint density at radius 3 is 2.62 bits per heavy atom. The van der Waals surface area contributed by atoms with E-state index in [1.807, 2.05) is 0 Å². The van der Waals surface area contributed by atoms with Crippen LogP contribution < -0.4 is 5.56 Å². The molecule has 5 nitrogen and oxygen atoms in total. The molecule has 0 unspecified atom stereocenters. The molecule has 0 fully saturated rings. The van der Waals surface area contributed by atoms with Gasteiger partial charge in [0.2, 0.25) is 0 Å². The molecule has 1 rings (SSSR count). The van der Waals surface area contributed by atoms with Crippen LogP contribution in [0.2, 0.25) is 0 Å². The fourth-order valence-electron chi connectivity index (χ4n) is 1.12. The number of hydrogen-bond donors (Lipinski definition) is 2. The first kappa shape index (κ1) is 12.8. The maximum absolute atomic E-state index is 11.4. The molecule has 1 atom stereocenters. The third-order valence-electron chi connectivity index (χ3n) is 2.27. The van der Waals surface area contributed by atoms with Gasteiger partial charge in [0.25, 0.3) is 5.56 Å². The first-order chi connectivity index (χ1) is 7.45. The van der Waals surface area contributed by atoms with Crippen molar-refractivity contribution in [3.05, 3.63) is 21.6 Å². The van der Waals surface area contributed by atoms with Crippen molar-refractivity contribution in [2.75, 3.05) is 0 Å². The highest BCUT2D eigenvalue weighted by Gasteiger charge is 2.18. The molecule has 6 heteroatoms. The summed E-state index contributed by atoms with van der Waals surface area (Å²) in [7, 11) is 0. The van der Waals surface area contributed by atoms with E-state index in [1.54, 1.807) is 20.8 Å². The number of rotatable bonds is 4. The zero-order valence-corrected chi connectivity index (χ0v) is 10.2. The van der Waals surface area contributed by atoms with Crippen LogP contribution >= 0.6 is 11.8 Å². The number of nitrogens with zero attached hydrogens (tertiary/aromatic N) is 1. The smallest absolute Gasteiger partial charge is 0.317 e. The number of nitrogens with one attached hydrogen (secondary N) is 1. The molecule has 0 aliphatic carbocycles. The highest BCUT2D eigenvalue weighted by Crippen LogP contribution is 2.21. The van der Waals surface area contributed by atoms with Crippen LogP contribution in [-0.4, -0.2) is 26.3 Å². The SMILES string of the molecule is CC[C@H](Sc1nc(C)c(C)c(=O)[nH]1)C(=O)O. The van der Waals surface area contributed by atoms with Crippen LogP contribution in [0.1, 0.15) is 24.6 Å². The minimum Gasteiger partial charge on any atom is -0.480 e. The summed E-state index contributed by atoms with van der Waals surface area (Å²) in [6.45, 7) is 5.20. The second-order valence-electron chi connectivity index (χ2n) is 3.43. The molecule has 0 saturated carbocycles. The quantitative estimate of drug-likeness (QED) is 0.615. The molecule has 0 aromatic carbocycles. The lowest BCUT2D eigenvalue weighted by atomic mass is 10.3. The molecule has 0 spiro atoms.